The van der Waals surface area contributed by atoms with Gasteiger partial charge in [0.25, 0.3) is 5.91 Å². The summed E-state index contributed by atoms with van der Waals surface area (Å²) in [6.07, 6.45) is 6.93. The average Bonchev–Trinajstić information content (AvgIpc) is 3.14. The number of aryl methyl sites for hydroxylation is 1. The summed E-state index contributed by atoms with van der Waals surface area (Å²) in [5.74, 6) is 1.40. The summed E-state index contributed by atoms with van der Waals surface area (Å²) < 4.78 is 12.9. The van der Waals surface area contributed by atoms with Gasteiger partial charge in [-0.3, -0.25) is 9.48 Å². The predicted octanol–water partition coefficient (Wildman–Crippen LogP) is 2.58. The van der Waals surface area contributed by atoms with Gasteiger partial charge in [0.1, 0.15) is 5.76 Å². The molecule has 2 aromatic heterocycles. The standard InChI is InChI=1S/C18H23N3O3/c1-12-15(6-8-24-12)18(22)20-7-5-14-9-19-21(10-13-3-4-13)17(14)16(20)11-23-2/h6,8-9,13,16H,3-5,7,10-11H2,1-2H3/t16-/m1/s1. The first-order chi connectivity index (χ1) is 11.7. The lowest BCUT2D eigenvalue weighted by Gasteiger charge is -2.36. The minimum absolute atomic E-state index is 0.00752. The Labute approximate surface area is 141 Å². The van der Waals surface area contributed by atoms with Crippen molar-refractivity contribution in [3.05, 3.63) is 41.1 Å². The molecule has 1 amide bonds. The Bertz CT molecular complexity index is 745. The third kappa shape index (κ3) is 2.65. The molecule has 6 nitrogen and oxygen atoms in total. The molecule has 1 saturated carbocycles. The molecule has 2 aromatic rings. The predicted molar refractivity (Wildman–Crippen MR) is 87.8 cm³/mol. The highest BCUT2D eigenvalue weighted by atomic mass is 16.5. The number of ether oxygens (including phenoxy) is 1. The second kappa shape index (κ2) is 6.09. The van der Waals surface area contributed by atoms with E-state index in [2.05, 4.69) is 9.78 Å². The number of carbonyl (C=O) groups is 1. The summed E-state index contributed by atoms with van der Waals surface area (Å²) >= 11 is 0. The highest BCUT2D eigenvalue weighted by Gasteiger charge is 2.36. The van der Waals surface area contributed by atoms with Crippen molar-refractivity contribution in [2.24, 2.45) is 5.92 Å². The maximum absolute atomic E-state index is 13.0. The number of carbonyl (C=O) groups excluding carboxylic acids is 1. The summed E-state index contributed by atoms with van der Waals surface area (Å²) in [5.41, 5.74) is 3.02. The Morgan fingerprint density at radius 3 is 2.96 bits per heavy atom. The molecule has 0 aromatic carbocycles. The average molecular weight is 329 g/mol. The van der Waals surface area contributed by atoms with E-state index >= 15 is 0 Å². The van der Waals surface area contributed by atoms with Crippen molar-refractivity contribution >= 4 is 5.91 Å². The number of hydrogen-bond donors (Lipinski definition) is 0. The molecule has 128 valence electrons. The third-order valence-corrected chi connectivity index (χ3v) is 5.08. The van der Waals surface area contributed by atoms with Crippen LogP contribution in [0.2, 0.25) is 0 Å². The van der Waals surface area contributed by atoms with Crippen molar-refractivity contribution in [3.8, 4) is 0 Å². The van der Waals surface area contributed by atoms with Crippen LogP contribution in [0.3, 0.4) is 0 Å². The molecular formula is C18H23N3O3. The lowest BCUT2D eigenvalue weighted by molar-refractivity contribution is 0.0480. The van der Waals surface area contributed by atoms with E-state index < -0.39 is 0 Å². The van der Waals surface area contributed by atoms with E-state index in [0.717, 1.165) is 24.6 Å². The van der Waals surface area contributed by atoms with Gasteiger partial charge in [-0.05, 0) is 43.7 Å². The molecule has 0 unspecified atom stereocenters. The maximum atomic E-state index is 13.0. The molecule has 6 heteroatoms. The number of amides is 1. The number of hydrogen-bond acceptors (Lipinski definition) is 4. The monoisotopic (exact) mass is 329 g/mol. The minimum Gasteiger partial charge on any atom is -0.469 e. The molecular weight excluding hydrogens is 306 g/mol. The summed E-state index contributed by atoms with van der Waals surface area (Å²) in [5, 5.41) is 4.59. The lowest BCUT2D eigenvalue weighted by atomic mass is 9.99. The molecule has 1 aliphatic heterocycles. The third-order valence-electron chi connectivity index (χ3n) is 5.08. The summed E-state index contributed by atoms with van der Waals surface area (Å²) in [6, 6.07) is 1.65. The molecule has 0 spiro atoms. The van der Waals surface area contributed by atoms with Crippen LogP contribution in [0.1, 0.15) is 46.3 Å². The van der Waals surface area contributed by atoms with Crippen molar-refractivity contribution < 1.29 is 13.9 Å². The Kier molecular flexibility index (Phi) is 3.92. The molecule has 0 saturated heterocycles. The van der Waals surface area contributed by atoms with Crippen molar-refractivity contribution in [1.82, 2.24) is 14.7 Å². The van der Waals surface area contributed by atoms with Crippen molar-refractivity contribution in [1.29, 1.82) is 0 Å². The molecule has 24 heavy (non-hydrogen) atoms. The van der Waals surface area contributed by atoms with E-state index in [-0.39, 0.29) is 11.9 Å². The van der Waals surface area contributed by atoms with E-state index in [0.29, 0.717) is 24.5 Å². The van der Waals surface area contributed by atoms with Gasteiger partial charge in [-0.15, -0.1) is 0 Å². The Morgan fingerprint density at radius 1 is 1.46 bits per heavy atom. The van der Waals surface area contributed by atoms with Gasteiger partial charge >= 0.3 is 0 Å². The van der Waals surface area contributed by atoms with Crippen molar-refractivity contribution in [3.63, 3.8) is 0 Å². The maximum Gasteiger partial charge on any atom is 0.258 e. The number of fused-ring (bicyclic) bond motifs is 1. The van der Waals surface area contributed by atoms with Crippen LogP contribution in [-0.4, -0.2) is 40.8 Å². The van der Waals surface area contributed by atoms with E-state index in [1.165, 1.54) is 18.4 Å². The summed E-state index contributed by atoms with van der Waals surface area (Å²) in [4.78, 5) is 14.9. The van der Waals surface area contributed by atoms with Gasteiger partial charge in [0.2, 0.25) is 0 Å². The summed E-state index contributed by atoms with van der Waals surface area (Å²) in [6.45, 7) is 3.93. The second-order valence-electron chi connectivity index (χ2n) is 6.79. The fraction of sp³-hybridized carbons (Fsp3) is 0.556. The molecule has 0 radical (unpaired) electrons. The number of aromatic nitrogens is 2. The van der Waals surface area contributed by atoms with E-state index in [1.807, 2.05) is 18.0 Å². The number of methoxy groups -OCH3 is 1. The Balaban J connectivity index is 1.67. The molecule has 0 N–H and O–H groups in total. The number of furan rings is 1. The van der Waals surface area contributed by atoms with Gasteiger partial charge in [0.15, 0.2) is 0 Å². The van der Waals surface area contributed by atoms with Gasteiger partial charge < -0.3 is 14.1 Å². The van der Waals surface area contributed by atoms with Crippen molar-refractivity contribution in [2.75, 3.05) is 20.3 Å². The van der Waals surface area contributed by atoms with Crippen LogP contribution < -0.4 is 0 Å². The number of nitrogens with zero attached hydrogens (tertiary/aromatic N) is 3. The van der Waals surface area contributed by atoms with Crippen LogP contribution in [0.5, 0.6) is 0 Å². The largest absolute Gasteiger partial charge is 0.469 e. The molecule has 2 aliphatic rings. The van der Waals surface area contributed by atoms with Gasteiger partial charge in [-0.2, -0.15) is 5.10 Å². The highest BCUT2D eigenvalue weighted by Crippen LogP contribution is 2.35. The zero-order chi connectivity index (χ0) is 16.7. The van der Waals surface area contributed by atoms with Crippen LogP contribution in [0.15, 0.2) is 22.9 Å². The Morgan fingerprint density at radius 2 is 2.29 bits per heavy atom. The van der Waals surface area contributed by atoms with Gasteiger partial charge in [0.05, 0.1) is 36.4 Å². The summed E-state index contributed by atoms with van der Waals surface area (Å²) in [7, 11) is 1.68. The first kappa shape index (κ1) is 15.4. The van der Waals surface area contributed by atoms with Gasteiger partial charge in [-0.25, -0.2) is 0 Å². The minimum atomic E-state index is -0.0956. The van der Waals surface area contributed by atoms with Crippen molar-refractivity contribution in [2.45, 2.75) is 38.8 Å². The first-order valence-corrected chi connectivity index (χ1v) is 8.57. The van der Waals surface area contributed by atoms with E-state index in [1.54, 1.807) is 19.4 Å². The molecule has 0 bridgehead atoms. The topological polar surface area (TPSA) is 60.5 Å². The van der Waals surface area contributed by atoms with E-state index in [9.17, 15) is 4.79 Å². The van der Waals surface area contributed by atoms with Gasteiger partial charge in [0, 0.05) is 20.2 Å². The zero-order valence-corrected chi connectivity index (χ0v) is 14.2. The van der Waals surface area contributed by atoms with Crippen LogP contribution in [0.4, 0.5) is 0 Å². The lowest BCUT2D eigenvalue weighted by Crippen LogP contribution is -2.43. The quantitative estimate of drug-likeness (QED) is 0.846. The Hall–Kier alpha value is -2.08. The normalized spacial score (nSPS) is 20.2. The molecule has 4 rings (SSSR count). The van der Waals surface area contributed by atoms with Crippen LogP contribution in [-0.2, 0) is 17.7 Å². The molecule has 1 atom stereocenters. The first-order valence-electron chi connectivity index (χ1n) is 8.57. The number of rotatable bonds is 5. The van der Waals surface area contributed by atoms with Crippen LogP contribution in [0.25, 0.3) is 0 Å². The highest BCUT2D eigenvalue weighted by molar-refractivity contribution is 5.95. The SMILES string of the molecule is COC[C@@H]1c2c(cnn2CC2CC2)CCN1C(=O)c1ccoc1C. The van der Waals surface area contributed by atoms with Crippen LogP contribution >= 0.6 is 0 Å². The fourth-order valence-corrected chi connectivity index (χ4v) is 3.58. The van der Waals surface area contributed by atoms with Crippen LogP contribution in [0, 0.1) is 12.8 Å². The smallest absolute Gasteiger partial charge is 0.258 e. The van der Waals surface area contributed by atoms with E-state index in [4.69, 9.17) is 9.15 Å². The second-order valence-corrected chi connectivity index (χ2v) is 6.79. The molecule has 1 aliphatic carbocycles. The zero-order valence-electron chi connectivity index (χ0n) is 14.2. The molecule has 1 fully saturated rings. The fourth-order valence-electron chi connectivity index (χ4n) is 3.58. The van der Waals surface area contributed by atoms with Gasteiger partial charge in [-0.1, -0.05) is 0 Å². The molecule has 3 heterocycles.